The van der Waals surface area contributed by atoms with Crippen molar-refractivity contribution in [1.82, 2.24) is 0 Å². The zero-order valence-electron chi connectivity index (χ0n) is 30.9. The van der Waals surface area contributed by atoms with Crippen molar-refractivity contribution in [2.24, 2.45) is 34.0 Å². The van der Waals surface area contributed by atoms with E-state index in [0.717, 1.165) is 0 Å². The fraction of sp³-hybridized carbons (Fsp3) is 0.784. The fourth-order valence-corrected chi connectivity index (χ4v) is 12.7. The number of hydrogen-bond donors (Lipinski definition) is 1. The smallest absolute Gasteiger partial charge is 0.366 e. The Morgan fingerprint density at radius 2 is 1.69 bits per heavy atom. The van der Waals surface area contributed by atoms with Gasteiger partial charge < -0.3 is 52.5 Å². The Morgan fingerprint density at radius 3 is 2.33 bits per heavy atom. The molecule has 0 aromatic carbocycles. The normalized spacial score (nSPS) is 53.1. The molecule has 286 valence electrons. The quantitative estimate of drug-likeness (QED) is 0.237. The van der Waals surface area contributed by atoms with Crippen LogP contribution in [0.3, 0.4) is 0 Å². The molecule has 8 rings (SSSR count). The maximum absolute atomic E-state index is 14.2. The van der Waals surface area contributed by atoms with Gasteiger partial charge in [-0.2, -0.15) is 0 Å². The average molecular weight is 733 g/mol. The first kappa shape index (κ1) is 35.9. The molecule has 7 fully saturated rings. The highest BCUT2D eigenvalue weighted by Crippen LogP contribution is 2.81. The van der Waals surface area contributed by atoms with Crippen LogP contribution in [0.2, 0.25) is 0 Å². The van der Waals surface area contributed by atoms with Gasteiger partial charge in [-0.25, -0.2) is 9.59 Å². The summed E-state index contributed by atoms with van der Waals surface area (Å²) in [7, 11) is 2.55. The van der Waals surface area contributed by atoms with E-state index in [2.05, 4.69) is 0 Å². The number of esters is 4. The summed E-state index contributed by atoms with van der Waals surface area (Å²) in [6, 6.07) is 0. The Morgan fingerprint density at radius 1 is 0.962 bits per heavy atom. The van der Waals surface area contributed by atoms with Gasteiger partial charge in [-0.15, -0.1) is 0 Å². The molecule has 52 heavy (non-hydrogen) atoms. The molecule has 5 heterocycles. The van der Waals surface area contributed by atoms with E-state index < -0.39 is 117 Å². The maximum Gasteiger partial charge on any atom is 0.366 e. The van der Waals surface area contributed by atoms with Gasteiger partial charge >= 0.3 is 23.9 Å². The largest absolute Gasteiger partial charge is 0.468 e. The van der Waals surface area contributed by atoms with E-state index in [1.807, 2.05) is 13.8 Å². The van der Waals surface area contributed by atoms with Crippen molar-refractivity contribution >= 4 is 23.9 Å². The van der Waals surface area contributed by atoms with Crippen molar-refractivity contribution in [3.63, 3.8) is 0 Å². The van der Waals surface area contributed by atoms with Crippen LogP contribution < -0.4 is 0 Å². The zero-order chi connectivity index (χ0) is 37.6. The molecular formula is C37H48O15. The number of rotatable bonds is 6. The lowest BCUT2D eigenvalue weighted by molar-refractivity contribution is -0.318. The van der Waals surface area contributed by atoms with Gasteiger partial charge in [0.15, 0.2) is 0 Å². The van der Waals surface area contributed by atoms with Crippen molar-refractivity contribution in [3.05, 3.63) is 24.0 Å². The van der Waals surface area contributed by atoms with Crippen molar-refractivity contribution in [2.75, 3.05) is 27.4 Å². The van der Waals surface area contributed by atoms with Crippen LogP contribution in [0, 0.1) is 34.0 Å². The van der Waals surface area contributed by atoms with Crippen LogP contribution in [-0.2, 0) is 66.5 Å². The molecule has 3 aliphatic carbocycles. The van der Waals surface area contributed by atoms with E-state index >= 15 is 0 Å². The monoisotopic (exact) mass is 732 g/mol. The number of carbonyl (C=O) groups excluding carboxylic acids is 4. The van der Waals surface area contributed by atoms with E-state index in [1.54, 1.807) is 32.9 Å². The minimum Gasteiger partial charge on any atom is -0.468 e. The zero-order valence-corrected chi connectivity index (χ0v) is 30.9. The lowest BCUT2D eigenvalue weighted by Gasteiger charge is -2.66. The van der Waals surface area contributed by atoms with Crippen molar-refractivity contribution in [2.45, 2.75) is 121 Å². The number of aliphatic hydroxyl groups is 1. The molecule has 0 aromatic heterocycles. The molecule has 8 aliphatic rings. The second-order valence-electron chi connectivity index (χ2n) is 16.5. The van der Waals surface area contributed by atoms with Crippen LogP contribution >= 0.6 is 0 Å². The lowest BCUT2D eigenvalue weighted by atomic mass is 9.37. The van der Waals surface area contributed by atoms with E-state index in [0.29, 0.717) is 5.57 Å². The Balaban J connectivity index is 1.38. The van der Waals surface area contributed by atoms with Crippen LogP contribution in [0.5, 0.6) is 0 Å². The number of carbonyl (C=O) groups is 4. The summed E-state index contributed by atoms with van der Waals surface area (Å²) in [4.78, 5) is 53.3. The summed E-state index contributed by atoms with van der Waals surface area (Å²) in [5.41, 5.74) is -8.25. The molecule has 5 aliphatic heterocycles. The van der Waals surface area contributed by atoms with Gasteiger partial charge in [-0.3, -0.25) is 9.59 Å². The standard InChI is InChI=1S/C37H48O15/c1-10-17(2)27(40)49-21-14-22(48-18(3)38)34-16-47-36(44-9,29(41)43-8)28(34)32(6)26(24-25(34)31(21,5)15-46-24)52-33(7)20-13-23(37(32,33)42)50-30-35(20,11-12-45-30)51-19(4)39/h10-12,20-26,28,30,42H,13-16H2,1-9H3/b17-10+/t20-,21-,22+,23+,24-,25+,26-,28+,30+,31-,32-,33-,34+,35+,36+,37+/m1/s1. The van der Waals surface area contributed by atoms with Crippen LogP contribution in [-0.4, -0.2) is 116 Å². The molecule has 3 saturated carbocycles. The highest BCUT2D eigenvalue weighted by Gasteiger charge is 2.94. The number of fused-ring (bicyclic) bond motifs is 11. The summed E-state index contributed by atoms with van der Waals surface area (Å²) in [6.07, 6.45) is -0.670. The van der Waals surface area contributed by atoms with Gasteiger partial charge in [0.25, 0.3) is 5.79 Å². The summed E-state index contributed by atoms with van der Waals surface area (Å²) >= 11 is 0. The third-order valence-electron chi connectivity index (χ3n) is 14.6. The molecule has 2 bridgehead atoms. The molecule has 15 heteroatoms. The first-order valence-corrected chi connectivity index (χ1v) is 17.9. The molecular weight excluding hydrogens is 684 g/mol. The van der Waals surface area contributed by atoms with Crippen LogP contribution in [0.25, 0.3) is 0 Å². The minimum atomic E-state index is -2.14. The number of methoxy groups -OCH3 is 2. The Bertz CT molecular complexity index is 1680. The average Bonchev–Trinajstić information content (AvgIpc) is 3.86. The molecule has 0 radical (unpaired) electrons. The van der Waals surface area contributed by atoms with Gasteiger partial charge in [0.05, 0.1) is 44.9 Å². The summed E-state index contributed by atoms with van der Waals surface area (Å²) in [5, 5.41) is 13.8. The predicted molar refractivity (Wildman–Crippen MR) is 172 cm³/mol. The Kier molecular flexibility index (Phi) is 7.60. The molecule has 1 spiro atoms. The van der Waals surface area contributed by atoms with Gasteiger partial charge in [0.2, 0.25) is 11.9 Å². The molecule has 0 aromatic rings. The first-order valence-electron chi connectivity index (χ1n) is 17.9. The van der Waals surface area contributed by atoms with E-state index in [9.17, 15) is 24.3 Å². The third kappa shape index (κ3) is 3.77. The summed E-state index contributed by atoms with van der Waals surface area (Å²) < 4.78 is 63.1. The fourth-order valence-electron chi connectivity index (χ4n) is 12.7. The second kappa shape index (κ2) is 11.0. The van der Waals surface area contributed by atoms with Crippen molar-refractivity contribution in [3.8, 4) is 0 Å². The predicted octanol–water partition coefficient (Wildman–Crippen LogP) is 1.87. The molecule has 0 amide bonds. The maximum atomic E-state index is 14.2. The topological polar surface area (TPSA) is 181 Å². The second-order valence-corrected chi connectivity index (χ2v) is 16.5. The lowest BCUT2D eigenvalue weighted by Crippen LogP contribution is -2.78. The first-order chi connectivity index (χ1) is 24.4. The van der Waals surface area contributed by atoms with E-state index in [1.165, 1.54) is 34.3 Å². The van der Waals surface area contributed by atoms with Crippen molar-refractivity contribution in [1.29, 1.82) is 0 Å². The summed E-state index contributed by atoms with van der Waals surface area (Å²) in [5.74, 6) is -7.15. The number of hydrogen-bond acceptors (Lipinski definition) is 15. The van der Waals surface area contributed by atoms with Crippen LogP contribution in [0.15, 0.2) is 24.0 Å². The molecule has 0 unspecified atom stereocenters. The SMILES string of the molecule is C/C=C(\C)C(=O)O[C@@H]1C[C@H](OC(C)=O)[C@]23CO[C@](OC)(C(=O)OC)[C@H]2[C@@]2(C)[C@H](O[C@]4(C)[C@H]5C[C@H](O[C@@H]6OC=C[C@@]65OC(C)=O)[C@]24O)[C@@H]2OC[C@@]1(C)[C@H]23. The highest BCUT2D eigenvalue weighted by atomic mass is 16.7. The Labute approximate surface area is 301 Å². The van der Waals surface area contributed by atoms with Gasteiger partial charge in [-0.05, 0) is 27.2 Å². The molecule has 4 saturated heterocycles. The van der Waals surface area contributed by atoms with E-state index in [-0.39, 0.29) is 26.1 Å². The number of ether oxygens (including phenoxy) is 10. The Hall–Kier alpha value is -3.08. The third-order valence-corrected chi connectivity index (χ3v) is 14.6. The van der Waals surface area contributed by atoms with Gasteiger partial charge in [0, 0.05) is 73.0 Å². The summed E-state index contributed by atoms with van der Waals surface area (Å²) in [6.45, 7) is 11.5. The van der Waals surface area contributed by atoms with Gasteiger partial charge in [0.1, 0.15) is 23.4 Å². The molecule has 1 N–H and O–H groups in total. The highest BCUT2D eigenvalue weighted by molar-refractivity contribution is 5.87. The molecule has 15 nitrogen and oxygen atoms in total. The van der Waals surface area contributed by atoms with Crippen molar-refractivity contribution < 1.29 is 71.7 Å². The minimum absolute atomic E-state index is 0.0440. The number of allylic oxidation sites excluding steroid dienone is 1. The van der Waals surface area contributed by atoms with Crippen LogP contribution in [0.4, 0.5) is 0 Å². The van der Waals surface area contributed by atoms with Crippen LogP contribution in [0.1, 0.15) is 61.3 Å². The molecule has 16 atom stereocenters. The van der Waals surface area contributed by atoms with Gasteiger partial charge in [-0.1, -0.05) is 19.9 Å². The van der Waals surface area contributed by atoms with E-state index in [4.69, 9.17) is 47.4 Å².